The quantitative estimate of drug-likeness (QED) is 0.573. The summed E-state index contributed by atoms with van der Waals surface area (Å²) in [6.07, 6.45) is 5.42. The van der Waals surface area contributed by atoms with Gasteiger partial charge in [0.25, 0.3) is 0 Å². The maximum absolute atomic E-state index is 13.2. The monoisotopic (exact) mass is 430 g/mol. The van der Waals surface area contributed by atoms with E-state index in [1.54, 1.807) is 30.6 Å². The van der Waals surface area contributed by atoms with E-state index < -0.39 is 12.1 Å². The van der Waals surface area contributed by atoms with Crippen LogP contribution in [0.2, 0.25) is 0 Å². The largest absolute Gasteiger partial charge is 0.386 e. The molecule has 1 aromatic carbocycles. The third-order valence-electron chi connectivity index (χ3n) is 7.00. The Balaban J connectivity index is 1.26. The average Bonchev–Trinajstić information content (AvgIpc) is 3.39. The van der Waals surface area contributed by atoms with Crippen molar-refractivity contribution in [1.29, 1.82) is 5.26 Å². The van der Waals surface area contributed by atoms with E-state index in [2.05, 4.69) is 31.2 Å². The van der Waals surface area contributed by atoms with Gasteiger partial charge in [-0.2, -0.15) is 5.26 Å². The fourth-order valence-corrected chi connectivity index (χ4v) is 4.98. The number of carbonyl (C=O) groups excluding carboxylic acids is 1. The Labute approximate surface area is 186 Å². The Morgan fingerprint density at radius 2 is 2.09 bits per heavy atom. The SMILES string of the molecule is C[C@H](NC(=O)[C@H]1CCN(c2ncnc3[nH]ccc23)CC12CC2)[C@H](O)c1ccc(C#N)cc1. The molecule has 3 atom stereocenters. The number of aromatic amines is 1. The number of H-pyrrole nitrogens is 1. The van der Waals surface area contributed by atoms with E-state index >= 15 is 0 Å². The number of anilines is 1. The molecule has 0 unspecified atom stereocenters. The van der Waals surface area contributed by atoms with Gasteiger partial charge >= 0.3 is 0 Å². The van der Waals surface area contributed by atoms with E-state index in [1.165, 1.54) is 0 Å². The van der Waals surface area contributed by atoms with Crippen LogP contribution in [0, 0.1) is 22.7 Å². The van der Waals surface area contributed by atoms with Crippen LogP contribution in [0.5, 0.6) is 0 Å². The Kier molecular flexibility index (Phi) is 5.06. The van der Waals surface area contributed by atoms with Gasteiger partial charge in [0.15, 0.2) is 0 Å². The molecule has 0 radical (unpaired) electrons. The summed E-state index contributed by atoms with van der Waals surface area (Å²) in [5.74, 6) is 0.862. The first kappa shape index (κ1) is 20.5. The Hall–Kier alpha value is -3.44. The van der Waals surface area contributed by atoms with Gasteiger partial charge in [-0.25, -0.2) is 9.97 Å². The highest BCUT2D eigenvalue weighted by Crippen LogP contribution is 2.56. The molecule has 1 spiro atoms. The minimum absolute atomic E-state index is 0.0109. The van der Waals surface area contributed by atoms with Crippen LogP contribution >= 0.6 is 0 Å². The predicted octanol–water partition coefficient (Wildman–Crippen LogP) is 2.67. The third-order valence-corrected chi connectivity index (χ3v) is 7.00. The number of fused-ring (bicyclic) bond motifs is 1. The predicted molar refractivity (Wildman–Crippen MR) is 120 cm³/mol. The van der Waals surface area contributed by atoms with Crippen molar-refractivity contribution in [3.63, 3.8) is 0 Å². The lowest BCUT2D eigenvalue weighted by molar-refractivity contribution is -0.129. The second kappa shape index (κ2) is 7.92. The first-order chi connectivity index (χ1) is 15.5. The molecule has 1 aliphatic heterocycles. The van der Waals surface area contributed by atoms with Crippen LogP contribution in [0.25, 0.3) is 11.0 Å². The lowest BCUT2D eigenvalue weighted by atomic mass is 9.81. The summed E-state index contributed by atoms with van der Waals surface area (Å²) in [5, 5.41) is 23.7. The Bertz CT molecular complexity index is 1180. The molecule has 32 heavy (non-hydrogen) atoms. The van der Waals surface area contributed by atoms with Gasteiger partial charge in [0, 0.05) is 25.2 Å². The average molecular weight is 431 g/mol. The van der Waals surface area contributed by atoms with E-state index in [0.717, 1.165) is 49.2 Å². The number of aliphatic hydroxyl groups is 1. The Morgan fingerprint density at radius 3 is 2.81 bits per heavy atom. The van der Waals surface area contributed by atoms with Crippen LogP contribution < -0.4 is 10.2 Å². The van der Waals surface area contributed by atoms with Crippen molar-refractivity contribution in [1.82, 2.24) is 20.3 Å². The molecule has 1 amide bonds. The zero-order chi connectivity index (χ0) is 22.3. The molecule has 2 aliphatic rings. The van der Waals surface area contributed by atoms with Gasteiger partial charge in [-0.3, -0.25) is 4.79 Å². The summed E-state index contributed by atoms with van der Waals surface area (Å²) >= 11 is 0. The van der Waals surface area contributed by atoms with E-state index in [4.69, 9.17) is 5.26 Å². The van der Waals surface area contributed by atoms with Crippen molar-refractivity contribution in [2.24, 2.45) is 11.3 Å². The van der Waals surface area contributed by atoms with Crippen LogP contribution in [-0.4, -0.2) is 45.1 Å². The summed E-state index contributed by atoms with van der Waals surface area (Å²) < 4.78 is 0. The smallest absolute Gasteiger partial charge is 0.224 e. The second-order valence-corrected chi connectivity index (χ2v) is 9.04. The summed E-state index contributed by atoms with van der Waals surface area (Å²) in [4.78, 5) is 27.4. The highest BCUT2D eigenvalue weighted by molar-refractivity contribution is 5.87. The summed E-state index contributed by atoms with van der Waals surface area (Å²) in [7, 11) is 0. The van der Waals surface area contributed by atoms with Crippen molar-refractivity contribution >= 4 is 22.8 Å². The molecule has 1 saturated heterocycles. The molecule has 8 heteroatoms. The van der Waals surface area contributed by atoms with E-state index in [0.29, 0.717) is 11.1 Å². The fraction of sp³-hybridized carbons (Fsp3) is 0.417. The number of hydrogen-bond acceptors (Lipinski definition) is 6. The number of amides is 1. The maximum Gasteiger partial charge on any atom is 0.224 e. The molecule has 0 bridgehead atoms. The number of carbonyl (C=O) groups is 1. The number of nitrogens with one attached hydrogen (secondary N) is 2. The summed E-state index contributed by atoms with van der Waals surface area (Å²) in [5.41, 5.74) is 2.02. The highest BCUT2D eigenvalue weighted by Gasteiger charge is 2.55. The van der Waals surface area contributed by atoms with Gasteiger partial charge in [-0.1, -0.05) is 12.1 Å². The fourth-order valence-electron chi connectivity index (χ4n) is 4.98. The molecular weight excluding hydrogens is 404 g/mol. The molecule has 2 fully saturated rings. The zero-order valence-electron chi connectivity index (χ0n) is 18.0. The molecule has 164 valence electrons. The Morgan fingerprint density at radius 1 is 1.31 bits per heavy atom. The molecule has 2 aromatic heterocycles. The zero-order valence-corrected chi connectivity index (χ0v) is 18.0. The van der Waals surface area contributed by atoms with Gasteiger partial charge < -0.3 is 20.3 Å². The normalized spacial score (nSPS) is 21.2. The van der Waals surface area contributed by atoms with Crippen LogP contribution in [0.15, 0.2) is 42.9 Å². The first-order valence-corrected chi connectivity index (χ1v) is 11.0. The van der Waals surface area contributed by atoms with E-state index in [-0.39, 0.29) is 17.2 Å². The van der Waals surface area contributed by atoms with Crippen molar-refractivity contribution in [3.8, 4) is 6.07 Å². The summed E-state index contributed by atoms with van der Waals surface area (Å²) in [6.45, 7) is 3.37. The summed E-state index contributed by atoms with van der Waals surface area (Å²) in [6, 6.07) is 10.5. The second-order valence-electron chi connectivity index (χ2n) is 9.04. The minimum Gasteiger partial charge on any atom is -0.386 e. The molecule has 5 rings (SSSR count). The number of aromatic nitrogens is 3. The number of benzene rings is 1. The van der Waals surface area contributed by atoms with Crippen LogP contribution in [-0.2, 0) is 4.79 Å². The van der Waals surface area contributed by atoms with Crippen molar-refractivity contribution in [2.75, 3.05) is 18.0 Å². The van der Waals surface area contributed by atoms with Crippen molar-refractivity contribution in [2.45, 2.75) is 38.3 Å². The maximum atomic E-state index is 13.2. The van der Waals surface area contributed by atoms with Crippen LogP contribution in [0.4, 0.5) is 5.82 Å². The lowest BCUT2D eigenvalue weighted by Gasteiger charge is -2.39. The third kappa shape index (κ3) is 3.59. The number of nitrogens with zero attached hydrogens (tertiary/aromatic N) is 4. The van der Waals surface area contributed by atoms with E-state index in [9.17, 15) is 9.90 Å². The molecule has 1 saturated carbocycles. The van der Waals surface area contributed by atoms with Gasteiger partial charge in [-0.15, -0.1) is 0 Å². The van der Waals surface area contributed by atoms with Crippen molar-refractivity contribution in [3.05, 3.63) is 54.0 Å². The molecule has 3 N–H and O–H groups in total. The molecule has 1 aliphatic carbocycles. The lowest BCUT2D eigenvalue weighted by Crippen LogP contribution is -2.50. The van der Waals surface area contributed by atoms with Crippen LogP contribution in [0.3, 0.4) is 0 Å². The number of hydrogen-bond donors (Lipinski definition) is 3. The van der Waals surface area contributed by atoms with Crippen molar-refractivity contribution < 1.29 is 9.90 Å². The molecule has 8 nitrogen and oxygen atoms in total. The number of aliphatic hydroxyl groups excluding tert-OH is 1. The highest BCUT2D eigenvalue weighted by atomic mass is 16.3. The number of nitriles is 1. The number of rotatable bonds is 5. The molecular formula is C24H26N6O2. The first-order valence-electron chi connectivity index (χ1n) is 11.0. The number of piperidine rings is 1. The van der Waals surface area contributed by atoms with E-state index in [1.807, 2.05) is 19.2 Å². The van der Waals surface area contributed by atoms with Gasteiger partial charge in [0.1, 0.15) is 17.8 Å². The van der Waals surface area contributed by atoms with Gasteiger partial charge in [0.05, 0.1) is 29.2 Å². The topological polar surface area (TPSA) is 118 Å². The molecule has 3 aromatic rings. The van der Waals surface area contributed by atoms with Gasteiger partial charge in [0.2, 0.25) is 5.91 Å². The van der Waals surface area contributed by atoms with Gasteiger partial charge in [-0.05, 0) is 55.4 Å². The standard InChI is InChI=1S/C24H26N6O2/c1-15(20(31)17-4-2-16(12-25)3-5-17)29-23(32)19-7-11-30(13-24(19)8-9-24)22-18-6-10-26-21(18)27-14-28-22/h2-6,10,14-15,19-20,31H,7-9,11,13H2,1H3,(H,29,32)(H,26,27,28)/t15-,19+,20-/m0/s1. The van der Waals surface area contributed by atoms with Crippen LogP contribution in [0.1, 0.15) is 43.4 Å². The minimum atomic E-state index is -0.829. The molecule has 3 heterocycles.